The first-order valence-corrected chi connectivity index (χ1v) is 10.4. The fourth-order valence-electron chi connectivity index (χ4n) is 3.02. The highest BCUT2D eigenvalue weighted by atomic mass is 32.2. The van der Waals surface area contributed by atoms with Crippen LogP contribution in [0.2, 0.25) is 0 Å². The summed E-state index contributed by atoms with van der Waals surface area (Å²) < 4.78 is 29.3. The molecule has 0 radical (unpaired) electrons. The fourth-order valence-corrected chi connectivity index (χ4v) is 5.18. The Labute approximate surface area is 149 Å². The average Bonchev–Trinajstić information content (AvgIpc) is 3.30. The highest BCUT2D eigenvalue weighted by molar-refractivity contribution is 7.89. The van der Waals surface area contributed by atoms with Crippen molar-refractivity contribution in [2.24, 2.45) is 0 Å². The molecule has 0 spiro atoms. The lowest BCUT2D eigenvalue weighted by molar-refractivity contribution is 0.580. The van der Waals surface area contributed by atoms with Crippen LogP contribution in [0.15, 0.2) is 40.9 Å². The number of hydrogen-bond donors (Lipinski definition) is 1. The Kier molecular flexibility index (Phi) is 4.36. The minimum absolute atomic E-state index is 0.230. The van der Waals surface area contributed by atoms with Gasteiger partial charge < -0.3 is 0 Å². The highest BCUT2D eigenvalue weighted by Gasteiger charge is 2.18. The minimum Gasteiger partial charge on any atom is -0.207 e. The van der Waals surface area contributed by atoms with Gasteiger partial charge in [0.25, 0.3) is 0 Å². The van der Waals surface area contributed by atoms with E-state index in [0.717, 1.165) is 18.4 Å². The molecule has 0 saturated heterocycles. The van der Waals surface area contributed by atoms with Gasteiger partial charge in [0.05, 0.1) is 10.6 Å². The van der Waals surface area contributed by atoms with Gasteiger partial charge in [-0.1, -0.05) is 0 Å². The van der Waals surface area contributed by atoms with E-state index in [1.165, 1.54) is 34.3 Å². The number of rotatable bonds is 5. The molecule has 0 saturated carbocycles. The number of aryl methyl sites for hydroxylation is 1. The summed E-state index contributed by atoms with van der Waals surface area (Å²) in [7, 11) is -3.55. The van der Waals surface area contributed by atoms with Gasteiger partial charge in [0.1, 0.15) is 6.33 Å². The lowest BCUT2D eigenvalue weighted by Crippen LogP contribution is -2.23. The van der Waals surface area contributed by atoms with E-state index in [1.807, 2.05) is 0 Å². The molecule has 0 unspecified atom stereocenters. The van der Waals surface area contributed by atoms with Gasteiger partial charge in [-0.05, 0) is 76.9 Å². The second-order valence-corrected chi connectivity index (χ2v) is 8.67. The maximum Gasteiger partial charge on any atom is 0.240 e. The molecule has 4 rings (SSSR count). The van der Waals surface area contributed by atoms with Gasteiger partial charge in [0.2, 0.25) is 10.0 Å². The van der Waals surface area contributed by atoms with Crippen molar-refractivity contribution in [3.63, 3.8) is 0 Å². The molecule has 7 nitrogen and oxygen atoms in total. The van der Waals surface area contributed by atoms with E-state index in [2.05, 4.69) is 25.6 Å². The Morgan fingerprint density at radius 3 is 2.72 bits per heavy atom. The molecular weight excluding hydrogens is 358 g/mol. The van der Waals surface area contributed by atoms with E-state index in [-0.39, 0.29) is 4.90 Å². The van der Waals surface area contributed by atoms with E-state index in [1.54, 1.807) is 35.6 Å². The molecule has 2 aromatic heterocycles. The van der Waals surface area contributed by atoms with Crippen molar-refractivity contribution in [1.29, 1.82) is 0 Å². The first kappa shape index (κ1) is 16.4. The maximum absolute atomic E-state index is 12.5. The van der Waals surface area contributed by atoms with Crippen molar-refractivity contribution in [1.82, 2.24) is 24.9 Å². The molecule has 9 heteroatoms. The normalized spacial score (nSPS) is 14.4. The first-order valence-electron chi connectivity index (χ1n) is 8.05. The van der Waals surface area contributed by atoms with E-state index in [9.17, 15) is 8.42 Å². The third-order valence-electron chi connectivity index (χ3n) is 4.36. The summed E-state index contributed by atoms with van der Waals surface area (Å²) in [6, 6.07) is 6.47. The Morgan fingerprint density at radius 1 is 1.16 bits per heavy atom. The van der Waals surface area contributed by atoms with E-state index in [4.69, 9.17) is 0 Å². The second-order valence-electron chi connectivity index (χ2n) is 5.94. The quantitative estimate of drug-likeness (QED) is 0.737. The van der Waals surface area contributed by atoms with Gasteiger partial charge in [-0.3, -0.25) is 0 Å². The standard InChI is InChI=1S/C16H17N5O2S2/c22-25(23,14-7-5-13(6-8-14)21-11-17-19-20-21)18-9-12-10-24-16-4-2-1-3-15(12)16/h5-8,10-11,18H,1-4,9H2. The van der Waals surface area contributed by atoms with Crippen molar-refractivity contribution in [2.75, 3.05) is 0 Å². The summed E-state index contributed by atoms with van der Waals surface area (Å²) in [5.74, 6) is 0. The van der Waals surface area contributed by atoms with Crippen molar-refractivity contribution in [3.05, 3.63) is 52.0 Å². The van der Waals surface area contributed by atoms with Gasteiger partial charge in [0, 0.05) is 11.4 Å². The van der Waals surface area contributed by atoms with Crippen LogP contribution in [-0.4, -0.2) is 28.6 Å². The summed E-state index contributed by atoms with van der Waals surface area (Å²) in [5.41, 5.74) is 3.15. The molecule has 130 valence electrons. The largest absolute Gasteiger partial charge is 0.240 e. The Balaban J connectivity index is 1.49. The van der Waals surface area contributed by atoms with Crippen LogP contribution in [0, 0.1) is 0 Å². The van der Waals surface area contributed by atoms with Crippen LogP contribution in [0.1, 0.15) is 28.8 Å². The molecule has 0 aliphatic heterocycles. The SMILES string of the molecule is O=S(=O)(NCc1csc2c1CCCC2)c1ccc(-n2cnnn2)cc1. The van der Waals surface area contributed by atoms with E-state index in [0.29, 0.717) is 12.2 Å². The Morgan fingerprint density at radius 2 is 1.96 bits per heavy atom. The number of thiophene rings is 1. The first-order chi connectivity index (χ1) is 12.1. The van der Waals surface area contributed by atoms with Gasteiger partial charge in [-0.2, -0.15) is 0 Å². The van der Waals surface area contributed by atoms with Gasteiger partial charge in [-0.25, -0.2) is 17.8 Å². The number of hydrogen-bond acceptors (Lipinski definition) is 6. The molecule has 0 bridgehead atoms. The van der Waals surface area contributed by atoms with Crippen LogP contribution in [0.25, 0.3) is 5.69 Å². The van der Waals surface area contributed by atoms with Crippen LogP contribution in [0.3, 0.4) is 0 Å². The van der Waals surface area contributed by atoms with Crippen molar-refractivity contribution in [3.8, 4) is 5.69 Å². The summed E-state index contributed by atoms with van der Waals surface area (Å²) >= 11 is 1.74. The lowest BCUT2D eigenvalue weighted by Gasteiger charge is -2.13. The number of sulfonamides is 1. The lowest BCUT2D eigenvalue weighted by atomic mass is 9.96. The van der Waals surface area contributed by atoms with Gasteiger partial charge in [0.15, 0.2) is 0 Å². The van der Waals surface area contributed by atoms with Crippen molar-refractivity contribution < 1.29 is 8.42 Å². The molecule has 1 aromatic carbocycles. The summed E-state index contributed by atoms with van der Waals surface area (Å²) in [6.45, 7) is 0.336. The fraction of sp³-hybridized carbons (Fsp3) is 0.312. The molecule has 2 heterocycles. The molecule has 3 aromatic rings. The predicted molar refractivity (Wildman–Crippen MR) is 94.1 cm³/mol. The molecule has 0 amide bonds. The van der Waals surface area contributed by atoms with Crippen LogP contribution >= 0.6 is 11.3 Å². The third kappa shape index (κ3) is 3.35. The van der Waals surface area contributed by atoms with Crippen LogP contribution in [-0.2, 0) is 29.4 Å². The van der Waals surface area contributed by atoms with E-state index < -0.39 is 10.0 Å². The second kappa shape index (κ2) is 6.66. The number of nitrogens with one attached hydrogen (secondary N) is 1. The molecule has 1 aliphatic rings. The Bertz CT molecular complexity index is 963. The third-order valence-corrected chi connectivity index (χ3v) is 6.92. The van der Waals surface area contributed by atoms with Crippen molar-refractivity contribution in [2.45, 2.75) is 37.1 Å². The molecule has 0 fully saturated rings. The monoisotopic (exact) mass is 375 g/mol. The molecular formula is C16H17N5O2S2. The molecule has 1 aliphatic carbocycles. The summed E-state index contributed by atoms with van der Waals surface area (Å²) in [6.07, 6.45) is 6.04. The molecule has 1 N–H and O–H groups in total. The van der Waals surface area contributed by atoms with Gasteiger partial charge >= 0.3 is 0 Å². The zero-order chi connectivity index (χ0) is 17.3. The topological polar surface area (TPSA) is 89.8 Å². The number of benzene rings is 1. The minimum atomic E-state index is -3.55. The smallest absolute Gasteiger partial charge is 0.207 e. The molecule has 25 heavy (non-hydrogen) atoms. The zero-order valence-corrected chi connectivity index (χ0v) is 15.1. The highest BCUT2D eigenvalue weighted by Crippen LogP contribution is 2.30. The number of tetrazole rings is 1. The predicted octanol–water partition coefficient (Wildman–Crippen LogP) is 2.08. The number of aromatic nitrogens is 4. The van der Waals surface area contributed by atoms with Crippen LogP contribution < -0.4 is 4.72 Å². The average molecular weight is 375 g/mol. The number of fused-ring (bicyclic) bond motifs is 1. The Hall–Kier alpha value is -2.10. The van der Waals surface area contributed by atoms with Crippen molar-refractivity contribution >= 4 is 21.4 Å². The van der Waals surface area contributed by atoms with Crippen LogP contribution in [0.5, 0.6) is 0 Å². The number of nitrogens with zero attached hydrogens (tertiary/aromatic N) is 4. The maximum atomic E-state index is 12.5. The zero-order valence-electron chi connectivity index (χ0n) is 13.4. The van der Waals surface area contributed by atoms with Gasteiger partial charge in [-0.15, -0.1) is 16.4 Å². The van der Waals surface area contributed by atoms with E-state index >= 15 is 0 Å². The van der Waals surface area contributed by atoms with Crippen LogP contribution in [0.4, 0.5) is 0 Å². The summed E-state index contributed by atoms with van der Waals surface area (Å²) in [4.78, 5) is 1.64. The summed E-state index contributed by atoms with van der Waals surface area (Å²) in [5, 5.41) is 13.0. The molecule has 0 atom stereocenters.